The Balaban J connectivity index is 1.45. The van der Waals surface area contributed by atoms with E-state index in [0.29, 0.717) is 25.3 Å². The van der Waals surface area contributed by atoms with Gasteiger partial charge in [0.1, 0.15) is 5.82 Å². The van der Waals surface area contributed by atoms with Gasteiger partial charge in [0.15, 0.2) is 0 Å². The van der Waals surface area contributed by atoms with E-state index in [1.807, 2.05) is 24.9 Å². The first-order valence-electron chi connectivity index (χ1n) is 9.39. The largest absolute Gasteiger partial charge is 0.380 e. The highest BCUT2D eigenvalue weighted by Gasteiger charge is 2.55. The van der Waals surface area contributed by atoms with Crippen LogP contribution in [0.4, 0.5) is 4.39 Å². The van der Waals surface area contributed by atoms with E-state index in [1.165, 1.54) is 11.6 Å². The Bertz CT molecular complexity index is 902. The minimum atomic E-state index is -0.592. The third-order valence-electron chi connectivity index (χ3n) is 6.10. The van der Waals surface area contributed by atoms with E-state index in [-0.39, 0.29) is 23.4 Å². The SMILES string of the molecule is Cc1c(CN2CC3COC[C@]3(C(=O)NCc3cccc(Cl)c3F)C2)cnn1C. The van der Waals surface area contributed by atoms with Gasteiger partial charge in [0.05, 0.1) is 29.8 Å². The summed E-state index contributed by atoms with van der Waals surface area (Å²) < 4.78 is 21.6. The van der Waals surface area contributed by atoms with Crippen LogP contribution < -0.4 is 5.32 Å². The van der Waals surface area contributed by atoms with Crippen LogP contribution in [0, 0.1) is 24.1 Å². The van der Waals surface area contributed by atoms with Crippen molar-refractivity contribution in [2.75, 3.05) is 26.3 Å². The van der Waals surface area contributed by atoms with Crippen molar-refractivity contribution < 1.29 is 13.9 Å². The monoisotopic (exact) mass is 406 g/mol. The Hall–Kier alpha value is -1.96. The molecule has 0 radical (unpaired) electrons. The number of aromatic nitrogens is 2. The average Bonchev–Trinajstić information content (AvgIpc) is 3.31. The van der Waals surface area contributed by atoms with E-state index in [2.05, 4.69) is 15.3 Å². The molecular weight excluding hydrogens is 383 g/mol. The van der Waals surface area contributed by atoms with E-state index in [0.717, 1.165) is 18.8 Å². The second-order valence-electron chi connectivity index (χ2n) is 7.81. The number of nitrogens with one attached hydrogen (secondary N) is 1. The molecule has 0 aliphatic carbocycles. The molecule has 2 aliphatic heterocycles. The zero-order valence-electron chi connectivity index (χ0n) is 16.0. The Morgan fingerprint density at radius 3 is 3.04 bits per heavy atom. The van der Waals surface area contributed by atoms with Gasteiger partial charge in [-0.25, -0.2) is 4.39 Å². The summed E-state index contributed by atoms with van der Waals surface area (Å²) >= 11 is 5.83. The van der Waals surface area contributed by atoms with Crippen LogP contribution in [0.5, 0.6) is 0 Å². The fraction of sp³-hybridized carbons (Fsp3) is 0.500. The highest BCUT2D eigenvalue weighted by molar-refractivity contribution is 6.30. The number of carbonyl (C=O) groups excluding carboxylic acids is 1. The highest BCUT2D eigenvalue weighted by Crippen LogP contribution is 2.42. The van der Waals surface area contributed by atoms with E-state index in [9.17, 15) is 9.18 Å². The summed E-state index contributed by atoms with van der Waals surface area (Å²) in [5.74, 6) is -0.435. The fourth-order valence-corrected chi connectivity index (χ4v) is 4.45. The number of hydrogen-bond donors (Lipinski definition) is 1. The van der Waals surface area contributed by atoms with E-state index >= 15 is 0 Å². The summed E-state index contributed by atoms with van der Waals surface area (Å²) in [6.45, 7) is 5.30. The number of rotatable bonds is 5. The standard InChI is InChI=1S/C20H24ClFN4O2/c1-13-15(7-24-25(13)2)8-26-9-16-10-28-12-20(16,11-26)19(27)23-6-14-4-3-5-17(21)18(14)22/h3-5,7,16H,6,8-12H2,1-2H3,(H,23,27)/t16?,20-/m1/s1. The maximum absolute atomic E-state index is 14.1. The number of aryl methyl sites for hydroxylation is 1. The maximum Gasteiger partial charge on any atom is 0.230 e. The van der Waals surface area contributed by atoms with Crippen LogP contribution in [-0.4, -0.2) is 46.9 Å². The molecule has 2 aromatic rings. The minimum Gasteiger partial charge on any atom is -0.380 e. The number of ether oxygens (including phenoxy) is 1. The zero-order valence-corrected chi connectivity index (χ0v) is 16.8. The summed E-state index contributed by atoms with van der Waals surface area (Å²) in [7, 11) is 1.93. The topological polar surface area (TPSA) is 59.4 Å². The predicted octanol–water partition coefficient (Wildman–Crippen LogP) is 2.29. The van der Waals surface area contributed by atoms with E-state index in [1.54, 1.807) is 12.1 Å². The Kier molecular flexibility index (Phi) is 5.16. The van der Waals surface area contributed by atoms with Crippen molar-refractivity contribution in [2.24, 2.45) is 18.4 Å². The van der Waals surface area contributed by atoms with Crippen molar-refractivity contribution >= 4 is 17.5 Å². The molecule has 0 saturated carbocycles. The number of hydrogen-bond acceptors (Lipinski definition) is 4. The van der Waals surface area contributed by atoms with Gasteiger partial charge in [-0.3, -0.25) is 14.4 Å². The molecular formula is C20H24ClFN4O2. The van der Waals surface area contributed by atoms with Crippen LogP contribution >= 0.6 is 11.6 Å². The van der Waals surface area contributed by atoms with Crippen LogP contribution in [0.2, 0.25) is 5.02 Å². The summed E-state index contributed by atoms with van der Waals surface area (Å²) in [4.78, 5) is 15.4. The molecule has 3 heterocycles. The summed E-state index contributed by atoms with van der Waals surface area (Å²) in [5.41, 5.74) is 2.09. The van der Waals surface area contributed by atoms with Gasteiger partial charge >= 0.3 is 0 Å². The molecule has 6 nitrogen and oxygen atoms in total. The molecule has 2 fully saturated rings. The average molecular weight is 407 g/mol. The van der Waals surface area contributed by atoms with Gasteiger partial charge in [0.25, 0.3) is 0 Å². The van der Waals surface area contributed by atoms with Crippen molar-refractivity contribution in [2.45, 2.75) is 20.0 Å². The molecule has 1 amide bonds. The first-order valence-corrected chi connectivity index (χ1v) is 9.77. The summed E-state index contributed by atoms with van der Waals surface area (Å²) in [6, 6.07) is 4.81. The molecule has 28 heavy (non-hydrogen) atoms. The maximum atomic E-state index is 14.1. The van der Waals surface area contributed by atoms with Gasteiger partial charge in [-0.15, -0.1) is 0 Å². The van der Waals surface area contributed by atoms with E-state index in [4.69, 9.17) is 16.3 Å². The molecule has 2 aliphatic rings. The second kappa shape index (κ2) is 7.46. The smallest absolute Gasteiger partial charge is 0.230 e. The van der Waals surface area contributed by atoms with Crippen LogP contribution in [0.3, 0.4) is 0 Å². The number of benzene rings is 1. The lowest BCUT2D eigenvalue weighted by molar-refractivity contribution is -0.131. The lowest BCUT2D eigenvalue weighted by Gasteiger charge is -2.26. The molecule has 2 saturated heterocycles. The van der Waals surface area contributed by atoms with Crippen LogP contribution in [-0.2, 0) is 29.7 Å². The van der Waals surface area contributed by atoms with Gasteiger partial charge in [-0.05, 0) is 13.0 Å². The number of amides is 1. The molecule has 2 atom stereocenters. The zero-order chi connectivity index (χ0) is 19.9. The van der Waals surface area contributed by atoms with Crippen molar-refractivity contribution in [1.29, 1.82) is 0 Å². The summed E-state index contributed by atoms with van der Waals surface area (Å²) in [6.07, 6.45) is 1.88. The van der Waals surface area contributed by atoms with Gasteiger partial charge in [0, 0.05) is 56.0 Å². The molecule has 0 bridgehead atoms. The summed E-state index contributed by atoms with van der Waals surface area (Å²) in [5, 5.41) is 7.27. The molecule has 1 aromatic carbocycles. The number of carbonyl (C=O) groups is 1. The Morgan fingerprint density at radius 1 is 1.46 bits per heavy atom. The third-order valence-corrected chi connectivity index (χ3v) is 6.39. The van der Waals surface area contributed by atoms with Gasteiger partial charge in [0.2, 0.25) is 5.91 Å². The van der Waals surface area contributed by atoms with Gasteiger partial charge < -0.3 is 10.1 Å². The Labute approximate surface area is 168 Å². The first kappa shape index (κ1) is 19.4. The molecule has 1 aromatic heterocycles. The molecule has 0 spiro atoms. The number of likely N-dealkylation sites (tertiary alicyclic amines) is 1. The predicted molar refractivity (Wildman–Crippen MR) is 103 cm³/mol. The Morgan fingerprint density at radius 2 is 2.29 bits per heavy atom. The molecule has 1 N–H and O–H groups in total. The highest BCUT2D eigenvalue weighted by atomic mass is 35.5. The fourth-order valence-electron chi connectivity index (χ4n) is 4.26. The number of halogens is 2. The van der Waals surface area contributed by atoms with Gasteiger partial charge in [-0.1, -0.05) is 23.7 Å². The molecule has 1 unspecified atom stereocenters. The third kappa shape index (κ3) is 3.32. The van der Waals surface area contributed by atoms with Crippen molar-refractivity contribution in [1.82, 2.24) is 20.0 Å². The quantitative estimate of drug-likeness (QED) is 0.827. The van der Waals surface area contributed by atoms with Crippen molar-refractivity contribution in [3.8, 4) is 0 Å². The molecule has 150 valence electrons. The lowest BCUT2D eigenvalue weighted by atomic mass is 9.80. The lowest BCUT2D eigenvalue weighted by Crippen LogP contribution is -2.46. The minimum absolute atomic E-state index is 0.0610. The molecule has 8 heteroatoms. The van der Waals surface area contributed by atoms with E-state index < -0.39 is 11.2 Å². The number of nitrogens with zero attached hydrogens (tertiary/aromatic N) is 3. The van der Waals surface area contributed by atoms with Crippen molar-refractivity contribution in [3.05, 3.63) is 52.1 Å². The van der Waals surface area contributed by atoms with Gasteiger partial charge in [-0.2, -0.15) is 5.10 Å². The molecule has 4 rings (SSSR count). The second-order valence-corrected chi connectivity index (χ2v) is 8.22. The first-order chi connectivity index (χ1) is 13.4. The number of fused-ring (bicyclic) bond motifs is 1. The normalized spacial score (nSPS) is 24.5. The van der Waals surface area contributed by atoms with Crippen LogP contribution in [0.15, 0.2) is 24.4 Å². The van der Waals surface area contributed by atoms with Crippen molar-refractivity contribution in [3.63, 3.8) is 0 Å². The van der Waals surface area contributed by atoms with Crippen LogP contribution in [0.1, 0.15) is 16.8 Å². The van der Waals surface area contributed by atoms with Crippen LogP contribution in [0.25, 0.3) is 0 Å².